The highest BCUT2D eigenvalue weighted by Crippen LogP contribution is 2.33. The van der Waals surface area contributed by atoms with Gasteiger partial charge in [0.05, 0.1) is 11.7 Å². The lowest BCUT2D eigenvalue weighted by molar-refractivity contribution is 0.431. The molecule has 4 heterocycles. The van der Waals surface area contributed by atoms with Gasteiger partial charge in [-0.2, -0.15) is 10.1 Å². The van der Waals surface area contributed by atoms with Gasteiger partial charge < -0.3 is 4.52 Å². The Balaban J connectivity index is 1.50. The summed E-state index contributed by atoms with van der Waals surface area (Å²) >= 11 is 0. The van der Waals surface area contributed by atoms with Crippen LogP contribution in [-0.2, 0) is 0 Å². The molecule has 154 valence electrons. The molecule has 6 rings (SSSR count). The van der Waals surface area contributed by atoms with E-state index in [-0.39, 0.29) is 11.6 Å². The third-order valence-corrected chi connectivity index (χ3v) is 5.03. The summed E-state index contributed by atoms with van der Waals surface area (Å²) in [6.07, 6.45) is 5.00. The van der Waals surface area contributed by atoms with Crippen molar-refractivity contribution in [2.45, 2.75) is 0 Å². The summed E-state index contributed by atoms with van der Waals surface area (Å²) in [5.74, 6) is 0.129. The highest BCUT2D eigenvalue weighted by atomic mass is 19.1. The number of para-hydroxylation sites is 1. The van der Waals surface area contributed by atoms with Crippen molar-refractivity contribution in [3.8, 4) is 39.9 Å². The number of pyridine rings is 1. The van der Waals surface area contributed by atoms with Gasteiger partial charge in [0.1, 0.15) is 17.2 Å². The van der Waals surface area contributed by atoms with Gasteiger partial charge in [-0.25, -0.2) is 9.07 Å². The van der Waals surface area contributed by atoms with Gasteiger partial charge in [0.15, 0.2) is 5.69 Å². The van der Waals surface area contributed by atoms with E-state index in [1.807, 2.05) is 18.2 Å². The molecule has 0 aliphatic rings. The van der Waals surface area contributed by atoms with Gasteiger partial charge in [-0.3, -0.25) is 10.1 Å². The molecule has 0 bridgehead atoms. The van der Waals surface area contributed by atoms with E-state index in [0.29, 0.717) is 17.2 Å². The molecule has 9 nitrogen and oxygen atoms in total. The number of halogens is 1. The number of aromatic nitrogens is 8. The van der Waals surface area contributed by atoms with Crippen molar-refractivity contribution in [3.63, 3.8) is 0 Å². The first-order valence-corrected chi connectivity index (χ1v) is 9.66. The summed E-state index contributed by atoms with van der Waals surface area (Å²) in [6, 6.07) is 15.6. The smallest absolute Gasteiger partial charge is 0.281 e. The lowest BCUT2D eigenvalue weighted by Gasteiger charge is -2.08. The molecule has 0 spiro atoms. The fourth-order valence-electron chi connectivity index (χ4n) is 3.51. The third-order valence-electron chi connectivity index (χ3n) is 5.03. The van der Waals surface area contributed by atoms with E-state index in [0.717, 1.165) is 22.0 Å². The number of nitrogens with zero attached hydrogens (tertiary/aromatic N) is 7. The van der Waals surface area contributed by atoms with Crippen molar-refractivity contribution >= 4 is 10.9 Å². The highest BCUT2D eigenvalue weighted by molar-refractivity contribution is 5.83. The van der Waals surface area contributed by atoms with Crippen LogP contribution in [0.2, 0.25) is 0 Å². The maximum Gasteiger partial charge on any atom is 0.281 e. The van der Waals surface area contributed by atoms with Crippen LogP contribution in [0, 0.1) is 5.82 Å². The number of H-pyrrole nitrogens is 1. The minimum Gasteiger partial charge on any atom is -0.332 e. The Morgan fingerprint density at radius 2 is 1.84 bits per heavy atom. The van der Waals surface area contributed by atoms with Crippen LogP contribution in [0.3, 0.4) is 0 Å². The molecule has 4 aromatic heterocycles. The molecule has 0 amide bonds. The fourth-order valence-corrected chi connectivity index (χ4v) is 3.51. The third kappa shape index (κ3) is 2.93. The number of benzene rings is 2. The van der Waals surface area contributed by atoms with Crippen LogP contribution in [-0.4, -0.2) is 40.3 Å². The molecule has 0 aliphatic carbocycles. The van der Waals surface area contributed by atoms with E-state index in [1.165, 1.54) is 10.7 Å². The predicted octanol–water partition coefficient (Wildman–Crippen LogP) is 4.06. The van der Waals surface area contributed by atoms with E-state index >= 15 is 0 Å². The Bertz CT molecular complexity index is 1550. The normalized spacial score (nSPS) is 11.3. The zero-order valence-electron chi connectivity index (χ0n) is 16.3. The summed E-state index contributed by atoms with van der Waals surface area (Å²) in [5, 5.41) is 20.4. The molecule has 10 heteroatoms. The number of rotatable bonds is 4. The molecule has 1 N–H and O–H groups in total. The van der Waals surface area contributed by atoms with Crippen LogP contribution in [0.1, 0.15) is 0 Å². The Morgan fingerprint density at radius 1 is 0.969 bits per heavy atom. The van der Waals surface area contributed by atoms with E-state index in [1.54, 1.807) is 48.9 Å². The van der Waals surface area contributed by atoms with Gasteiger partial charge in [-0.15, -0.1) is 5.10 Å². The second kappa shape index (κ2) is 7.20. The largest absolute Gasteiger partial charge is 0.332 e. The zero-order valence-corrected chi connectivity index (χ0v) is 16.3. The number of hydrogen-bond acceptors (Lipinski definition) is 7. The Labute approximate surface area is 179 Å². The number of aromatic amines is 1. The lowest BCUT2D eigenvalue weighted by Crippen LogP contribution is -2.02. The van der Waals surface area contributed by atoms with Gasteiger partial charge in [-0.05, 0) is 42.5 Å². The second-order valence-electron chi connectivity index (χ2n) is 6.98. The molecular formula is C22H13FN8O. The first kappa shape index (κ1) is 18.1. The highest BCUT2D eigenvalue weighted by Gasteiger charge is 2.24. The summed E-state index contributed by atoms with van der Waals surface area (Å²) in [6.45, 7) is 0. The van der Waals surface area contributed by atoms with Crippen LogP contribution in [0.4, 0.5) is 4.39 Å². The van der Waals surface area contributed by atoms with Crippen molar-refractivity contribution in [1.29, 1.82) is 0 Å². The first-order valence-electron chi connectivity index (χ1n) is 9.66. The molecule has 0 atom stereocenters. The molecule has 0 aliphatic heterocycles. The Hall–Kier alpha value is -4.73. The first-order chi connectivity index (χ1) is 15.8. The Morgan fingerprint density at radius 3 is 2.72 bits per heavy atom. The van der Waals surface area contributed by atoms with E-state index in [9.17, 15) is 4.39 Å². The molecule has 0 saturated carbocycles. The average molecular weight is 424 g/mol. The van der Waals surface area contributed by atoms with Crippen molar-refractivity contribution in [2.24, 2.45) is 0 Å². The molecule has 32 heavy (non-hydrogen) atoms. The van der Waals surface area contributed by atoms with Gasteiger partial charge in [0, 0.05) is 28.9 Å². The maximum atomic E-state index is 14.5. The summed E-state index contributed by atoms with van der Waals surface area (Å²) < 4.78 is 21.5. The molecule has 0 radical (unpaired) electrons. The van der Waals surface area contributed by atoms with Gasteiger partial charge >= 0.3 is 0 Å². The molecule has 0 unspecified atom stereocenters. The Kier molecular flexibility index (Phi) is 4.07. The fraction of sp³-hybridized carbons (Fsp3) is 0. The minimum atomic E-state index is -0.432. The predicted molar refractivity (Wildman–Crippen MR) is 113 cm³/mol. The number of hydrogen-bond donors (Lipinski definition) is 1. The van der Waals surface area contributed by atoms with E-state index in [4.69, 9.17) is 4.52 Å². The van der Waals surface area contributed by atoms with Crippen molar-refractivity contribution in [3.05, 3.63) is 79.0 Å². The van der Waals surface area contributed by atoms with Crippen LogP contribution in [0.5, 0.6) is 0 Å². The van der Waals surface area contributed by atoms with Crippen molar-refractivity contribution in [2.75, 3.05) is 0 Å². The van der Waals surface area contributed by atoms with Crippen LogP contribution < -0.4 is 0 Å². The summed E-state index contributed by atoms with van der Waals surface area (Å²) in [7, 11) is 0. The van der Waals surface area contributed by atoms with Gasteiger partial charge in [-0.1, -0.05) is 22.5 Å². The topological polar surface area (TPSA) is 111 Å². The molecule has 0 fully saturated rings. The number of nitrogens with one attached hydrogen (secondary N) is 1. The van der Waals surface area contributed by atoms with Gasteiger partial charge in [0.25, 0.3) is 5.89 Å². The maximum absolute atomic E-state index is 14.5. The standard InChI is InChI=1S/C22H13FN8O/c23-16-3-1-2-4-18(16)31-20(13-7-9-24-10-8-13)19(28-30-31)22-26-21(29-32-22)14-5-6-17-15(11-14)12-25-27-17/h1-12H,(H,25,27). The molecule has 6 aromatic rings. The average Bonchev–Trinajstić information content (AvgIpc) is 3.58. The summed E-state index contributed by atoms with van der Waals surface area (Å²) in [4.78, 5) is 8.58. The monoisotopic (exact) mass is 424 g/mol. The van der Waals surface area contributed by atoms with E-state index < -0.39 is 5.82 Å². The van der Waals surface area contributed by atoms with E-state index in [2.05, 4.69) is 35.6 Å². The SMILES string of the molecule is Fc1ccccc1-n1nnc(-c2nc(-c3ccc4[nH]ncc4c3)no2)c1-c1ccncc1. The summed E-state index contributed by atoms with van der Waals surface area (Å²) in [5.41, 5.74) is 3.50. The van der Waals surface area contributed by atoms with Crippen LogP contribution >= 0.6 is 0 Å². The minimum absolute atomic E-state index is 0.168. The van der Waals surface area contributed by atoms with Crippen LogP contribution in [0.25, 0.3) is 50.8 Å². The quantitative estimate of drug-likeness (QED) is 0.454. The molecule has 2 aromatic carbocycles. The van der Waals surface area contributed by atoms with Gasteiger partial charge in [0.2, 0.25) is 5.82 Å². The zero-order chi connectivity index (χ0) is 21.5. The number of fused-ring (bicyclic) bond motifs is 1. The van der Waals surface area contributed by atoms with Crippen molar-refractivity contribution in [1.82, 2.24) is 40.3 Å². The lowest BCUT2D eigenvalue weighted by atomic mass is 10.1. The molecule has 0 saturated heterocycles. The van der Waals surface area contributed by atoms with Crippen LogP contribution in [0.15, 0.2) is 77.7 Å². The molecular weight excluding hydrogens is 411 g/mol. The van der Waals surface area contributed by atoms with Crippen molar-refractivity contribution < 1.29 is 8.91 Å². The second-order valence-corrected chi connectivity index (χ2v) is 6.98.